The van der Waals surface area contributed by atoms with E-state index in [-0.39, 0.29) is 5.78 Å². The molecule has 0 saturated carbocycles. The van der Waals surface area contributed by atoms with E-state index in [1.54, 1.807) is 14.0 Å². The number of methoxy groups -OCH3 is 1. The lowest BCUT2D eigenvalue weighted by atomic mass is 9.93. The second-order valence-electron chi connectivity index (χ2n) is 10.6. The molecule has 2 aliphatic heterocycles. The van der Waals surface area contributed by atoms with Gasteiger partial charge in [0.25, 0.3) is 0 Å². The quantitative estimate of drug-likeness (QED) is 0.323. The minimum atomic E-state index is 0.151. The summed E-state index contributed by atoms with van der Waals surface area (Å²) >= 11 is 1.49. The number of anilines is 3. The van der Waals surface area contributed by atoms with Crippen LogP contribution in [0.15, 0.2) is 40.4 Å². The van der Waals surface area contributed by atoms with E-state index in [4.69, 9.17) is 19.4 Å². The molecule has 0 unspecified atom stereocenters. The minimum absolute atomic E-state index is 0.151. The van der Waals surface area contributed by atoms with Crippen molar-refractivity contribution in [1.29, 1.82) is 0 Å². The van der Waals surface area contributed by atoms with Crippen molar-refractivity contribution in [1.82, 2.24) is 25.1 Å². The number of piperidine rings is 1. The maximum atomic E-state index is 11.5. The number of Topliss-reactive ketones (excluding diaryl/α,β-unsaturated/α-hetero) is 1. The van der Waals surface area contributed by atoms with Gasteiger partial charge in [-0.15, -0.1) is 0 Å². The van der Waals surface area contributed by atoms with Gasteiger partial charge in [-0.1, -0.05) is 12.1 Å². The summed E-state index contributed by atoms with van der Waals surface area (Å²) in [5.74, 6) is 3.54. The number of aryl methyl sites for hydroxylation is 1. The highest BCUT2D eigenvalue weighted by Gasteiger charge is 2.26. The highest BCUT2D eigenvalue weighted by Crippen LogP contribution is 2.39. The SMILES string of the molecule is COc1c(Nc2cc(C)[nH]n2)nc(Sc2ccc(CC(C)=O)cc2)nc1N1CCC(CCN2CCOCC2)CC1. The van der Waals surface area contributed by atoms with Gasteiger partial charge in [-0.05, 0) is 75.0 Å². The predicted octanol–water partition coefficient (Wildman–Crippen LogP) is 4.48. The number of carbonyl (C=O) groups excluding carboxylic acids is 1. The van der Waals surface area contributed by atoms with Crippen molar-refractivity contribution in [2.75, 3.05) is 63.3 Å². The van der Waals surface area contributed by atoms with Crippen LogP contribution in [-0.4, -0.2) is 83.9 Å². The predicted molar refractivity (Wildman–Crippen MR) is 157 cm³/mol. The Morgan fingerprint density at radius 3 is 2.55 bits per heavy atom. The van der Waals surface area contributed by atoms with E-state index < -0.39 is 0 Å². The normalized spacial score (nSPS) is 16.7. The molecule has 3 aromatic rings. The first-order valence-electron chi connectivity index (χ1n) is 14.0. The van der Waals surface area contributed by atoms with Gasteiger partial charge >= 0.3 is 0 Å². The maximum Gasteiger partial charge on any atom is 0.204 e. The van der Waals surface area contributed by atoms with E-state index in [2.05, 4.69) is 25.3 Å². The molecular weight excluding hydrogens is 526 g/mol. The standard InChI is InChI=1S/C29H39N7O3S/c1-20-18-25(34-33-20)30-27-26(38-3)28(32-29(31-27)40-24-6-4-23(5-7-24)19-21(2)37)36-12-9-22(10-13-36)8-11-35-14-16-39-17-15-35/h4-7,18,22H,8-17,19H2,1-3H3,(H2,30,31,32,33,34). The third-order valence-electron chi connectivity index (χ3n) is 7.44. The van der Waals surface area contributed by atoms with Gasteiger partial charge in [-0.2, -0.15) is 5.10 Å². The molecule has 10 nitrogen and oxygen atoms in total. The highest BCUT2D eigenvalue weighted by molar-refractivity contribution is 7.99. The van der Waals surface area contributed by atoms with Gasteiger partial charge in [0.15, 0.2) is 22.6 Å². The van der Waals surface area contributed by atoms with Crippen molar-refractivity contribution >= 4 is 35.0 Å². The molecule has 5 rings (SSSR count). The summed E-state index contributed by atoms with van der Waals surface area (Å²) < 4.78 is 11.4. The number of benzene rings is 1. The first kappa shape index (κ1) is 28.4. The number of carbonyl (C=O) groups is 1. The van der Waals surface area contributed by atoms with E-state index in [0.717, 1.165) is 80.7 Å². The summed E-state index contributed by atoms with van der Waals surface area (Å²) in [5, 5.41) is 11.3. The number of ketones is 1. The molecule has 2 N–H and O–H groups in total. The number of nitrogens with one attached hydrogen (secondary N) is 2. The van der Waals surface area contributed by atoms with E-state index in [1.165, 1.54) is 18.2 Å². The third kappa shape index (κ3) is 7.52. The van der Waals surface area contributed by atoms with Crippen LogP contribution >= 0.6 is 11.8 Å². The zero-order valence-corrected chi connectivity index (χ0v) is 24.4. The van der Waals surface area contributed by atoms with Crippen LogP contribution in [0.3, 0.4) is 0 Å². The van der Waals surface area contributed by atoms with E-state index in [1.807, 2.05) is 37.3 Å². The maximum absolute atomic E-state index is 11.5. The molecule has 2 aromatic heterocycles. The summed E-state index contributed by atoms with van der Waals surface area (Å²) in [5.41, 5.74) is 1.95. The fourth-order valence-electron chi connectivity index (χ4n) is 5.25. The van der Waals surface area contributed by atoms with Gasteiger partial charge in [-0.3, -0.25) is 14.8 Å². The largest absolute Gasteiger partial charge is 0.490 e. The van der Waals surface area contributed by atoms with Crippen LogP contribution in [0.25, 0.3) is 0 Å². The first-order valence-corrected chi connectivity index (χ1v) is 14.8. The molecular formula is C29H39N7O3S. The van der Waals surface area contributed by atoms with E-state index >= 15 is 0 Å². The Bertz CT molecular complexity index is 1270. The van der Waals surface area contributed by atoms with Crippen molar-refractivity contribution in [3.63, 3.8) is 0 Å². The molecule has 1 aromatic carbocycles. The number of hydrogen-bond donors (Lipinski definition) is 2. The number of hydrogen-bond acceptors (Lipinski definition) is 10. The number of aromatic amines is 1. The van der Waals surface area contributed by atoms with Gasteiger partial charge in [0, 0.05) is 49.3 Å². The van der Waals surface area contributed by atoms with Gasteiger partial charge in [-0.25, -0.2) is 9.97 Å². The molecule has 4 heterocycles. The summed E-state index contributed by atoms with van der Waals surface area (Å²) in [6.07, 6.45) is 3.91. The van der Waals surface area contributed by atoms with Crippen molar-refractivity contribution in [3.05, 3.63) is 41.6 Å². The second-order valence-corrected chi connectivity index (χ2v) is 11.6. The van der Waals surface area contributed by atoms with Gasteiger partial charge in [0.2, 0.25) is 5.75 Å². The number of ether oxygens (including phenoxy) is 2. The van der Waals surface area contributed by atoms with Gasteiger partial charge < -0.3 is 19.7 Å². The van der Waals surface area contributed by atoms with Crippen LogP contribution < -0.4 is 15.0 Å². The third-order valence-corrected chi connectivity index (χ3v) is 8.31. The van der Waals surface area contributed by atoms with Gasteiger partial charge in [0.05, 0.1) is 20.3 Å². The molecule has 0 amide bonds. The molecule has 0 atom stereocenters. The number of nitrogens with zero attached hydrogens (tertiary/aromatic N) is 5. The topological polar surface area (TPSA) is 108 Å². The lowest BCUT2D eigenvalue weighted by Gasteiger charge is -2.35. The van der Waals surface area contributed by atoms with Crippen LogP contribution in [0.2, 0.25) is 0 Å². The monoisotopic (exact) mass is 565 g/mol. The molecule has 0 spiro atoms. The summed E-state index contributed by atoms with van der Waals surface area (Å²) in [6.45, 7) is 10.3. The fourth-order valence-corrected chi connectivity index (χ4v) is 6.00. The molecule has 0 bridgehead atoms. The van der Waals surface area contributed by atoms with E-state index in [9.17, 15) is 4.79 Å². The zero-order chi connectivity index (χ0) is 27.9. The lowest BCUT2D eigenvalue weighted by Crippen LogP contribution is -2.39. The fraction of sp³-hybridized carbons (Fsp3) is 0.517. The lowest BCUT2D eigenvalue weighted by molar-refractivity contribution is -0.116. The Kier molecular flexibility index (Phi) is 9.56. The number of H-pyrrole nitrogens is 1. The van der Waals surface area contributed by atoms with Crippen LogP contribution in [-0.2, 0) is 16.0 Å². The Balaban J connectivity index is 1.33. The van der Waals surface area contributed by atoms with Crippen LogP contribution in [0.5, 0.6) is 5.75 Å². The summed E-state index contributed by atoms with van der Waals surface area (Å²) in [4.78, 5) is 27.2. The van der Waals surface area contributed by atoms with Crippen molar-refractivity contribution in [3.8, 4) is 5.75 Å². The van der Waals surface area contributed by atoms with E-state index in [0.29, 0.717) is 34.9 Å². The second kappa shape index (κ2) is 13.5. The van der Waals surface area contributed by atoms with Crippen molar-refractivity contribution in [2.24, 2.45) is 5.92 Å². The Hall–Kier alpha value is -3.15. The highest BCUT2D eigenvalue weighted by atomic mass is 32.2. The summed E-state index contributed by atoms with van der Waals surface area (Å²) in [6, 6.07) is 9.94. The molecule has 40 heavy (non-hydrogen) atoms. The summed E-state index contributed by atoms with van der Waals surface area (Å²) in [7, 11) is 1.67. The minimum Gasteiger partial charge on any atom is -0.490 e. The number of aromatic nitrogens is 4. The van der Waals surface area contributed by atoms with Gasteiger partial charge in [0.1, 0.15) is 5.78 Å². The number of rotatable bonds is 11. The smallest absolute Gasteiger partial charge is 0.204 e. The number of morpholine rings is 1. The van der Waals surface area contributed by atoms with Crippen LogP contribution in [0.1, 0.15) is 37.4 Å². The Labute approximate surface area is 240 Å². The average molecular weight is 566 g/mol. The molecule has 2 fully saturated rings. The average Bonchev–Trinajstić information content (AvgIpc) is 3.37. The van der Waals surface area contributed by atoms with Crippen molar-refractivity contribution in [2.45, 2.75) is 49.6 Å². The molecule has 0 radical (unpaired) electrons. The zero-order valence-electron chi connectivity index (χ0n) is 23.6. The molecule has 2 saturated heterocycles. The van der Waals surface area contributed by atoms with Crippen LogP contribution in [0.4, 0.5) is 17.5 Å². The van der Waals surface area contributed by atoms with Crippen molar-refractivity contribution < 1.29 is 14.3 Å². The molecule has 2 aliphatic rings. The Morgan fingerprint density at radius 2 is 1.90 bits per heavy atom. The molecule has 0 aliphatic carbocycles. The first-order chi connectivity index (χ1) is 19.5. The van der Waals surface area contributed by atoms with Crippen LogP contribution in [0, 0.1) is 12.8 Å². The Morgan fingerprint density at radius 1 is 1.15 bits per heavy atom. The molecule has 214 valence electrons. The molecule has 11 heteroatoms.